The molecule has 0 unspecified atom stereocenters. The molecule has 1 aromatic rings. The standard InChI is InChI=1S/C12H21N3O2S/c1-4-13-9-11-6-5-7-12(8-11)10-18(16,17)14-15(2)3/h5-8,13-14H,4,9-10H2,1-3H3. The number of sulfonamides is 1. The average molecular weight is 271 g/mol. The van der Waals surface area contributed by atoms with Gasteiger partial charge in [0, 0.05) is 20.6 Å². The minimum atomic E-state index is -3.32. The Morgan fingerprint density at radius 1 is 1.22 bits per heavy atom. The van der Waals surface area contributed by atoms with Gasteiger partial charge in [-0.05, 0) is 17.7 Å². The first-order valence-electron chi connectivity index (χ1n) is 5.89. The van der Waals surface area contributed by atoms with E-state index in [1.54, 1.807) is 14.1 Å². The Kier molecular flexibility index (Phi) is 5.74. The Hall–Kier alpha value is -0.950. The maximum Gasteiger partial charge on any atom is 0.228 e. The fraction of sp³-hybridized carbons (Fsp3) is 0.500. The highest BCUT2D eigenvalue weighted by atomic mass is 32.2. The first kappa shape index (κ1) is 15.1. The first-order chi connectivity index (χ1) is 8.43. The Morgan fingerprint density at radius 2 is 1.89 bits per heavy atom. The molecule has 6 heteroatoms. The third-order valence-electron chi connectivity index (χ3n) is 2.25. The summed E-state index contributed by atoms with van der Waals surface area (Å²) in [6.45, 7) is 3.69. The van der Waals surface area contributed by atoms with Crippen molar-refractivity contribution in [2.45, 2.75) is 19.2 Å². The molecule has 0 heterocycles. The van der Waals surface area contributed by atoms with Crippen LogP contribution in [0.4, 0.5) is 0 Å². The molecule has 0 aromatic heterocycles. The lowest BCUT2D eigenvalue weighted by atomic mass is 10.1. The second-order valence-electron chi connectivity index (χ2n) is 4.35. The quantitative estimate of drug-likeness (QED) is 0.716. The van der Waals surface area contributed by atoms with Crippen molar-refractivity contribution in [1.82, 2.24) is 15.2 Å². The third kappa shape index (κ3) is 5.59. The van der Waals surface area contributed by atoms with E-state index in [-0.39, 0.29) is 5.75 Å². The third-order valence-corrected chi connectivity index (χ3v) is 3.61. The summed E-state index contributed by atoms with van der Waals surface area (Å²) in [5.41, 5.74) is 1.88. The van der Waals surface area contributed by atoms with E-state index in [2.05, 4.69) is 10.1 Å². The van der Waals surface area contributed by atoms with Gasteiger partial charge in [-0.3, -0.25) is 0 Å². The van der Waals surface area contributed by atoms with Gasteiger partial charge >= 0.3 is 0 Å². The van der Waals surface area contributed by atoms with Crippen LogP contribution in [0, 0.1) is 0 Å². The maximum atomic E-state index is 11.8. The molecule has 0 fully saturated rings. The minimum Gasteiger partial charge on any atom is -0.313 e. The van der Waals surface area contributed by atoms with E-state index in [0.717, 1.165) is 24.2 Å². The molecule has 2 N–H and O–H groups in total. The van der Waals surface area contributed by atoms with Crippen molar-refractivity contribution < 1.29 is 8.42 Å². The summed E-state index contributed by atoms with van der Waals surface area (Å²) < 4.78 is 23.5. The number of hydrogen-bond donors (Lipinski definition) is 2. The van der Waals surface area contributed by atoms with Crippen LogP contribution in [0.2, 0.25) is 0 Å². The van der Waals surface area contributed by atoms with Crippen LogP contribution >= 0.6 is 0 Å². The number of nitrogens with zero attached hydrogens (tertiary/aromatic N) is 1. The molecule has 18 heavy (non-hydrogen) atoms. The van der Waals surface area contributed by atoms with Crippen molar-refractivity contribution in [3.63, 3.8) is 0 Å². The fourth-order valence-corrected chi connectivity index (χ4v) is 2.87. The molecule has 0 bridgehead atoms. The summed E-state index contributed by atoms with van der Waals surface area (Å²) in [6, 6.07) is 7.60. The van der Waals surface area contributed by atoms with E-state index >= 15 is 0 Å². The Morgan fingerprint density at radius 3 is 2.50 bits per heavy atom. The smallest absolute Gasteiger partial charge is 0.228 e. The van der Waals surface area contributed by atoms with Gasteiger partial charge in [-0.1, -0.05) is 31.2 Å². The van der Waals surface area contributed by atoms with Crippen molar-refractivity contribution in [3.8, 4) is 0 Å². The van der Waals surface area contributed by atoms with Crippen molar-refractivity contribution in [2.24, 2.45) is 0 Å². The molecular weight excluding hydrogens is 250 g/mol. The number of nitrogens with one attached hydrogen (secondary N) is 2. The van der Waals surface area contributed by atoms with E-state index in [1.165, 1.54) is 5.01 Å². The molecule has 0 saturated carbocycles. The zero-order valence-corrected chi connectivity index (χ0v) is 11.9. The average Bonchev–Trinajstić information content (AvgIpc) is 2.24. The summed E-state index contributed by atoms with van der Waals surface area (Å²) in [7, 11) is -0.0118. The summed E-state index contributed by atoms with van der Waals surface area (Å²) in [5.74, 6) is -0.00878. The first-order valence-corrected chi connectivity index (χ1v) is 7.54. The van der Waals surface area contributed by atoms with Gasteiger partial charge in [0.25, 0.3) is 0 Å². The zero-order valence-electron chi connectivity index (χ0n) is 11.1. The van der Waals surface area contributed by atoms with Gasteiger partial charge in [0.05, 0.1) is 5.75 Å². The molecule has 1 aromatic carbocycles. The number of benzene rings is 1. The topological polar surface area (TPSA) is 61.4 Å². The lowest BCUT2D eigenvalue weighted by Crippen LogP contribution is -2.36. The van der Waals surface area contributed by atoms with Crippen molar-refractivity contribution in [1.29, 1.82) is 0 Å². The summed E-state index contributed by atoms with van der Waals surface area (Å²) >= 11 is 0. The second-order valence-corrected chi connectivity index (χ2v) is 6.05. The number of hydrazine groups is 1. The molecule has 0 spiro atoms. The van der Waals surface area contributed by atoms with Crippen molar-refractivity contribution in [2.75, 3.05) is 20.6 Å². The van der Waals surface area contributed by atoms with Gasteiger partial charge in [0.15, 0.2) is 0 Å². The lowest BCUT2D eigenvalue weighted by Gasteiger charge is -2.13. The highest BCUT2D eigenvalue weighted by Crippen LogP contribution is 2.08. The molecule has 5 nitrogen and oxygen atoms in total. The second kappa shape index (κ2) is 6.84. The number of hydrogen-bond acceptors (Lipinski definition) is 4. The van der Waals surface area contributed by atoms with E-state index in [0.29, 0.717) is 0 Å². The van der Waals surface area contributed by atoms with Gasteiger partial charge in [-0.25, -0.2) is 13.4 Å². The van der Waals surface area contributed by atoms with Crippen LogP contribution in [0.3, 0.4) is 0 Å². The van der Waals surface area contributed by atoms with Gasteiger partial charge in [0.1, 0.15) is 0 Å². The lowest BCUT2D eigenvalue weighted by molar-refractivity contribution is 0.363. The van der Waals surface area contributed by atoms with Crippen LogP contribution in [-0.4, -0.2) is 34.1 Å². The Labute approximate surface area is 109 Å². The van der Waals surface area contributed by atoms with Gasteiger partial charge in [0.2, 0.25) is 10.0 Å². The number of rotatable bonds is 7. The predicted octanol–water partition coefficient (Wildman–Crippen LogP) is 0.692. The summed E-state index contributed by atoms with van der Waals surface area (Å²) in [5, 5.41) is 4.64. The van der Waals surface area contributed by atoms with E-state index in [9.17, 15) is 8.42 Å². The van der Waals surface area contributed by atoms with Crippen LogP contribution in [0.15, 0.2) is 24.3 Å². The zero-order chi connectivity index (χ0) is 13.6. The predicted molar refractivity (Wildman–Crippen MR) is 73.3 cm³/mol. The van der Waals surface area contributed by atoms with E-state index < -0.39 is 10.0 Å². The molecule has 0 radical (unpaired) electrons. The maximum absolute atomic E-state index is 11.8. The summed E-state index contributed by atoms with van der Waals surface area (Å²) in [6.07, 6.45) is 0. The van der Waals surface area contributed by atoms with Gasteiger partial charge in [-0.15, -0.1) is 4.83 Å². The van der Waals surface area contributed by atoms with Crippen LogP contribution in [0.5, 0.6) is 0 Å². The van der Waals surface area contributed by atoms with Crippen molar-refractivity contribution in [3.05, 3.63) is 35.4 Å². The molecule has 0 amide bonds. The van der Waals surface area contributed by atoms with Crippen molar-refractivity contribution >= 4 is 10.0 Å². The molecule has 0 atom stereocenters. The van der Waals surface area contributed by atoms with E-state index in [4.69, 9.17) is 0 Å². The van der Waals surface area contributed by atoms with Crippen LogP contribution < -0.4 is 10.1 Å². The van der Waals surface area contributed by atoms with Gasteiger partial charge < -0.3 is 5.32 Å². The molecule has 102 valence electrons. The SMILES string of the molecule is CCNCc1cccc(CS(=O)(=O)NN(C)C)c1. The largest absolute Gasteiger partial charge is 0.313 e. The van der Waals surface area contributed by atoms with Crippen LogP contribution in [0.25, 0.3) is 0 Å². The molecule has 0 saturated heterocycles. The highest BCUT2D eigenvalue weighted by Gasteiger charge is 2.12. The monoisotopic (exact) mass is 271 g/mol. The highest BCUT2D eigenvalue weighted by molar-refractivity contribution is 7.88. The minimum absolute atomic E-state index is 0.00878. The Bertz CT molecular complexity index is 472. The normalized spacial score (nSPS) is 12.0. The van der Waals surface area contributed by atoms with Gasteiger partial charge in [-0.2, -0.15) is 0 Å². The molecule has 0 aliphatic heterocycles. The molecule has 0 aliphatic rings. The van der Waals surface area contributed by atoms with Crippen LogP contribution in [0.1, 0.15) is 18.1 Å². The fourth-order valence-electron chi connectivity index (χ4n) is 1.63. The molecule has 1 rings (SSSR count). The molecule has 0 aliphatic carbocycles. The molecular formula is C12H21N3O2S. The summed E-state index contributed by atoms with van der Waals surface area (Å²) in [4.78, 5) is 2.42. The van der Waals surface area contributed by atoms with Crippen LogP contribution in [-0.2, 0) is 22.3 Å². The Balaban J connectivity index is 2.72. The van der Waals surface area contributed by atoms with E-state index in [1.807, 2.05) is 31.2 Å².